The minimum atomic E-state index is -0.723. The molecule has 6 N–H and O–H groups in total. The normalized spacial score (nSPS) is 10.1. The molecule has 7 nitrogen and oxygen atoms in total. The first-order valence-corrected chi connectivity index (χ1v) is 5.88. The maximum Gasteiger partial charge on any atom is 0.271 e. The summed E-state index contributed by atoms with van der Waals surface area (Å²) in [6, 6.07) is 4.94. The molecular weight excluding hydrogens is 280 g/mol. The third-order valence-electron chi connectivity index (χ3n) is 2.48. The smallest absolute Gasteiger partial charge is 0.271 e. The van der Waals surface area contributed by atoms with Crippen LogP contribution in [0.25, 0.3) is 0 Å². The molecule has 8 heteroatoms. The number of carbonyl (C=O) groups is 1. The third-order valence-corrected chi connectivity index (χ3v) is 2.66. The molecule has 0 saturated heterocycles. The van der Waals surface area contributed by atoms with Crippen molar-refractivity contribution in [2.45, 2.75) is 0 Å². The molecule has 0 aliphatic heterocycles. The zero-order valence-electron chi connectivity index (χ0n) is 10.2. The SMILES string of the molecule is N=Cc1cc(Nc2nc(Cl)cnc2C(N)=O)ccc1N. The summed E-state index contributed by atoms with van der Waals surface area (Å²) in [6.07, 6.45) is 2.36. The van der Waals surface area contributed by atoms with Gasteiger partial charge in [-0.15, -0.1) is 0 Å². The number of rotatable bonds is 4. The molecule has 0 unspecified atom stereocenters. The van der Waals surface area contributed by atoms with Gasteiger partial charge in [0.25, 0.3) is 5.91 Å². The number of carbonyl (C=O) groups excluding carboxylic acids is 1. The Morgan fingerprint density at radius 2 is 2.20 bits per heavy atom. The summed E-state index contributed by atoms with van der Waals surface area (Å²) in [5.41, 5.74) is 12.5. The number of amides is 1. The summed E-state index contributed by atoms with van der Waals surface area (Å²) in [5.74, 6) is -0.579. The lowest BCUT2D eigenvalue weighted by molar-refractivity contribution is 0.0996. The number of nitrogens with zero attached hydrogens (tertiary/aromatic N) is 2. The van der Waals surface area contributed by atoms with Crippen LogP contribution in [0.5, 0.6) is 0 Å². The molecule has 2 aromatic rings. The fourth-order valence-electron chi connectivity index (χ4n) is 1.55. The zero-order valence-corrected chi connectivity index (χ0v) is 11.0. The summed E-state index contributed by atoms with van der Waals surface area (Å²) in [4.78, 5) is 19.1. The number of aromatic nitrogens is 2. The summed E-state index contributed by atoms with van der Waals surface area (Å²) in [6.45, 7) is 0. The highest BCUT2D eigenvalue weighted by Crippen LogP contribution is 2.22. The van der Waals surface area contributed by atoms with Crippen LogP contribution in [0, 0.1) is 5.41 Å². The van der Waals surface area contributed by atoms with Crippen molar-refractivity contribution in [2.24, 2.45) is 5.73 Å². The number of hydrogen-bond acceptors (Lipinski definition) is 6. The molecule has 0 radical (unpaired) electrons. The standard InChI is InChI=1S/C12H11ClN6O/c13-9-5-17-10(11(16)20)12(19-9)18-7-1-2-8(15)6(3-7)4-14/h1-5,14H,15H2,(H2,16,20)(H,18,19). The molecule has 0 atom stereocenters. The van der Waals surface area contributed by atoms with Crippen molar-refractivity contribution in [3.63, 3.8) is 0 Å². The Kier molecular flexibility index (Phi) is 3.81. The van der Waals surface area contributed by atoms with E-state index in [1.54, 1.807) is 18.2 Å². The number of halogens is 1. The first-order valence-electron chi connectivity index (χ1n) is 5.50. The molecule has 2 rings (SSSR count). The van der Waals surface area contributed by atoms with Gasteiger partial charge in [-0.3, -0.25) is 4.79 Å². The molecule has 1 aromatic heterocycles. The number of hydrogen-bond donors (Lipinski definition) is 4. The zero-order chi connectivity index (χ0) is 14.7. The average Bonchev–Trinajstić information content (AvgIpc) is 2.40. The average molecular weight is 291 g/mol. The van der Waals surface area contributed by atoms with E-state index in [2.05, 4.69) is 15.3 Å². The fourth-order valence-corrected chi connectivity index (χ4v) is 1.68. The Labute approximate surface area is 119 Å². The van der Waals surface area contributed by atoms with Crippen LogP contribution in [-0.4, -0.2) is 22.1 Å². The highest BCUT2D eigenvalue weighted by molar-refractivity contribution is 6.29. The van der Waals surface area contributed by atoms with Crippen LogP contribution in [0.15, 0.2) is 24.4 Å². The Hall–Kier alpha value is -2.67. The van der Waals surface area contributed by atoms with Crippen LogP contribution in [-0.2, 0) is 0 Å². The predicted octanol–water partition coefficient (Wildman–Crippen LogP) is 1.55. The van der Waals surface area contributed by atoms with Gasteiger partial charge in [0.15, 0.2) is 11.5 Å². The minimum Gasteiger partial charge on any atom is -0.398 e. The summed E-state index contributed by atoms with van der Waals surface area (Å²) < 4.78 is 0. The Morgan fingerprint density at radius 1 is 1.45 bits per heavy atom. The second-order valence-electron chi connectivity index (χ2n) is 3.87. The van der Waals surface area contributed by atoms with Crippen LogP contribution < -0.4 is 16.8 Å². The lowest BCUT2D eigenvalue weighted by Crippen LogP contribution is -2.16. The van der Waals surface area contributed by atoms with E-state index in [1.165, 1.54) is 6.20 Å². The van der Waals surface area contributed by atoms with Crippen LogP contribution in [0.4, 0.5) is 17.2 Å². The van der Waals surface area contributed by atoms with E-state index in [0.717, 1.165) is 6.21 Å². The lowest BCUT2D eigenvalue weighted by Gasteiger charge is -2.10. The van der Waals surface area contributed by atoms with Crippen LogP contribution in [0.2, 0.25) is 5.15 Å². The van der Waals surface area contributed by atoms with Gasteiger partial charge < -0.3 is 22.2 Å². The third kappa shape index (κ3) is 2.83. The van der Waals surface area contributed by atoms with Gasteiger partial charge in [0.05, 0.1) is 6.20 Å². The number of benzene rings is 1. The maximum atomic E-state index is 11.3. The second-order valence-corrected chi connectivity index (χ2v) is 4.25. The molecule has 0 aliphatic rings. The Bertz CT molecular complexity index is 688. The van der Waals surface area contributed by atoms with Gasteiger partial charge in [-0.25, -0.2) is 9.97 Å². The summed E-state index contributed by atoms with van der Waals surface area (Å²) >= 11 is 5.75. The molecule has 1 amide bonds. The maximum absolute atomic E-state index is 11.3. The monoisotopic (exact) mass is 290 g/mol. The second kappa shape index (κ2) is 5.54. The molecule has 0 bridgehead atoms. The van der Waals surface area contributed by atoms with E-state index in [9.17, 15) is 4.79 Å². The van der Waals surface area contributed by atoms with Crippen LogP contribution in [0.3, 0.4) is 0 Å². The van der Waals surface area contributed by atoms with Crippen LogP contribution >= 0.6 is 11.6 Å². The topological polar surface area (TPSA) is 131 Å². The quantitative estimate of drug-likeness (QED) is 0.501. The van der Waals surface area contributed by atoms with Gasteiger partial charge in [0.2, 0.25) is 0 Å². The van der Waals surface area contributed by atoms with Crippen molar-refractivity contribution < 1.29 is 4.79 Å². The molecular formula is C12H11ClN6O. The molecule has 1 heterocycles. The van der Waals surface area contributed by atoms with E-state index in [0.29, 0.717) is 16.9 Å². The van der Waals surface area contributed by atoms with Gasteiger partial charge in [0.1, 0.15) is 5.15 Å². The van der Waals surface area contributed by atoms with Crippen molar-refractivity contribution in [3.05, 3.63) is 40.8 Å². The van der Waals surface area contributed by atoms with Crippen LogP contribution in [0.1, 0.15) is 16.1 Å². The molecule has 20 heavy (non-hydrogen) atoms. The molecule has 0 saturated carbocycles. The summed E-state index contributed by atoms with van der Waals surface area (Å²) in [7, 11) is 0. The Balaban J connectivity index is 2.41. The van der Waals surface area contributed by atoms with Crippen molar-refractivity contribution in [3.8, 4) is 0 Å². The van der Waals surface area contributed by atoms with E-state index in [4.69, 9.17) is 28.5 Å². The highest BCUT2D eigenvalue weighted by atomic mass is 35.5. The molecule has 1 aromatic carbocycles. The minimum absolute atomic E-state index is 0.0253. The van der Waals surface area contributed by atoms with E-state index in [-0.39, 0.29) is 16.7 Å². The highest BCUT2D eigenvalue weighted by Gasteiger charge is 2.13. The molecule has 0 spiro atoms. The lowest BCUT2D eigenvalue weighted by atomic mass is 10.1. The number of primary amides is 1. The van der Waals surface area contributed by atoms with Crippen molar-refractivity contribution in [1.82, 2.24) is 9.97 Å². The molecule has 0 fully saturated rings. The van der Waals surface area contributed by atoms with E-state index < -0.39 is 5.91 Å². The summed E-state index contributed by atoms with van der Waals surface area (Å²) in [5, 5.41) is 10.3. The van der Waals surface area contributed by atoms with Crippen molar-refractivity contribution in [1.29, 1.82) is 5.41 Å². The molecule has 102 valence electrons. The first-order chi connectivity index (χ1) is 9.51. The van der Waals surface area contributed by atoms with E-state index >= 15 is 0 Å². The van der Waals surface area contributed by atoms with E-state index in [1.807, 2.05) is 0 Å². The number of anilines is 3. The fraction of sp³-hybridized carbons (Fsp3) is 0. The van der Waals surface area contributed by atoms with Gasteiger partial charge >= 0.3 is 0 Å². The van der Waals surface area contributed by atoms with Crippen molar-refractivity contribution >= 4 is 40.9 Å². The first kappa shape index (κ1) is 13.8. The van der Waals surface area contributed by atoms with Crippen molar-refractivity contribution in [2.75, 3.05) is 11.1 Å². The number of nitrogens with one attached hydrogen (secondary N) is 2. The van der Waals surface area contributed by atoms with Gasteiger partial charge in [-0.05, 0) is 18.2 Å². The predicted molar refractivity (Wildman–Crippen MR) is 77.6 cm³/mol. The molecule has 0 aliphatic carbocycles. The Morgan fingerprint density at radius 3 is 2.85 bits per heavy atom. The van der Waals surface area contributed by atoms with Gasteiger partial charge in [-0.2, -0.15) is 0 Å². The number of nitrogens with two attached hydrogens (primary N) is 2. The van der Waals surface area contributed by atoms with Gasteiger partial charge in [-0.1, -0.05) is 11.6 Å². The largest absolute Gasteiger partial charge is 0.398 e. The number of nitrogen functional groups attached to an aromatic ring is 1. The van der Waals surface area contributed by atoms with Gasteiger partial charge in [0, 0.05) is 23.2 Å².